The summed E-state index contributed by atoms with van der Waals surface area (Å²) in [5, 5.41) is 7.32. The van der Waals surface area contributed by atoms with Crippen LogP contribution in [0.3, 0.4) is 0 Å². The summed E-state index contributed by atoms with van der Waals surface area (Å²) in [6.45, 7) is 1.04. The molecule has 0 saturated carbocycles. The number of carbonyl (C=O) groups is 1. The summed E-state index contributed by atoms with van der Waals surface area (Å²) in [5.41, 5.74) is 1.96. The van der Waals surface area contributed by atoms with Crippen LogP contribution >= 0.6 is 0 Å². The molecular weight excluding hydrogens is 294 g/mol. The number of carbonyl (C=O) groups excluding carboxylic acids is 1. The fraction of sp³-hybridized carbons (Fsp3) is 0.412. The summed E-state index contributed by atoms with van der Waals surface area (Å²) in [6, 6.07) is 7.68. The lowest BCUT2D eigenvalue weighted by atomic mass is 9.98. The molecule has 1 fully saturated rings. The van der Waals surface area contributed by atoms with Crippen molar-refractivity contribution in [2.24, 2.45) is 7.05 Å². The third-order valence-corrected chi connectivity index (χ3v) is 4.49. The van der Waals surface area contributed by atoms with Crippen LogP contribution in [0.5, 0.6) is 5.75 Å². The Labute approximate surface area is 134 Å². The Balaban J connectivity index is 1.48. The molecule has 0 radical (unpaired) electrons. The molecule has 1 saturated heterocycles. The fourth-order valence-corrected chi connectivity index (χ4v) is 3.32. The van der Waals surface area contributed by atoms with E-state index in [4.69, 9.17) is 9.47 Å². The summed E-state index contributed by atoms with van der Waals surface area (Å²) < 4.78 is 13.2. The van der Waals surface area contributed by atoms with Crippen LogP contribution in [0.2, 0.25) is 0 Å². The second-order valence-electron chi connectivity index (χ2n) is 6.04. The van der Waals surface area contributed by atoms with E-state index in [9.17, 15) is 4.79 Å². The number of para-hydroxylation sites is 1. The maximum Gasteiger partial charge on any atom is 0.231 e. The van der Waals surface area contributed by atoms with Crippen molar-refractivity contribution in [2.75, 3.05) is 13.2 Å². The molecule has 120 valence electrons. The number of rotatable bonds is 3. The predicted octanol–water partition coefficient (Wildman–Crippen LogP) is 1.54. The Morgan fingerprint density at radius 3 is 3.09 bits per heavy atom. The number of hydrogen-bond acceptors (Lipinski definition) is 4. The van der Waals surface area contributed by atoms with Crippen molar-refractivity contribution in [3.63, 3.8) is 0 Å². The topological polar surface area (TPSA) is 65.4 Å². The first-order valence-corrected chi connectivity index (χ1v) is 7.84. The van der Waals surface area contributed by atoms with Crippen molar-refractivity contribution in [1.29, 1.82) is 0 Å². The van der Waals surface area contributed by atoms with Crippen molar-refractivity contribution >= 4 is 5.91 Å². The van der Waals surface area contributed by atoms with Gasteiger partial charge >= 0.3 is 0 Å². The second-order valence-corrected chi connectivity index (χ2v) is 6.04. The van der Waals surface area contributed by atoms with E-state index in [1.807, 2.05) is 37.5 Å². The average Bonchev–Trinajstić information content (AvgIpc) is 3.25. The lowest BCUT2D eigenvalue weighted by Crippen LogP contribution is -2.40. The molecule has 2 aromatic rings. The third-order valence-electron chi connectivity index (χ3n) is 4.49. The van der Waals surface area contributed by atoms with Crippen LogP contribution in [0.15, 0.2) is 36.7 Å². The molecule has 2 aliphatic rings. The zero-order valence-electron chi connectivity index (χ0n) is 12.9. The summed E-state index contributed by atoms with van der Waals surface area (Å²) in [6.07, 6.45) is 4.40. The molecule has 6 nitrogen and oxygen atoms in total. The maximum absolute atomic E-state index is 12.7. The van der Waals surface area contributed by atoms with Gasteiger partial charge in [0, 0.05) is 31.0 Å². The van der Waals surface area contributed by atoms with Crippen molar-refractivity contribution < 1.29 is 14.3 Å². The molecule has 0 unspecified atom stereocenters. The normalized spacial score (nSPS) is 25.9. The third kappa shape index (κ3) is 2.59. The molecule has 3 atom stereocenters. The first-order chi connectivity index (χ1) is 11.2. The zero-order chi connectivity index (χ0) is 15.8. The Morgan fingerprint density at radius 2 is 2.26 bits per heavy atom. The monoisotopic (exact) mass is 313 g/mol. The van der Waals surface area contributed by atoms with Crippen molar-refractivity contribution in [2.45, 2.75) is 24.5 Å². The highest BCUT2D eigenvalue weighted by Crippen LogP contribution is 2.35. The number of amides is 1. The van der Waals surface area contributed by atoms with Crippen molar-refractivity contribution in [3.05, 3.63) is 47.8 Å². The Morgan fingerprint density at radius 1 is 1.39 bits per heavy atom. The van der Waals surface area contributed by atoms with Gasteiger partial charge in [-0.1, -0.05) is 18.2 Å². The zero-order valence-corrected chi connectivity index (χ0v) is 12.9. The highest BCUT2D eigenvalue weighted by atomic mass is 16.5. The number of benzene rings is 1. The van der Waals surface area contributed by atoms with Crippen LogP contribution < -0.4 is 10.1 Å². The number of aryl methyl sites for hydroxylation is 1. The van der Waals surface area contributed by atoms with Gasteiger partial charge in [0.15, 0.2) is 0 Å². The van der Waals surface area contributed by atoms with E-state index in [2.05, 4.69) is 10.4 Å². The molecule has 3 heterocycles. The van der Waals surface area contributed by atoms with Gasteiger partial charge in [0.1, 0.15) is 24.4 Å². The van der Waals surface area contributed by atoms with Gasteiger partial charge in [-0.25, -0.2) is 0 Å². The standard InChI is InChI=1S/C17H19N3O3/c1-20-9-11(8-18-20)16-14(6-7-22-16)19-17(21)13-10-23-15-5-3-2-4-12(13)15/h2-5,8-9,13-14,16H,6-7,10H2,1H3,(H,19,21)/t13-,14-,16+/m0/s1. The van der Waals surface area contributed by atoms with Gasteiger partial charge in [-0.15, -0.1) is 0 Å². The van der Waals surface area contributed by atoms with Crippen LogP contribution in [0, 0.1) is 0 Å². The number of ether oxygens (including phenoxy) is 2. The van der Waals surface area contributed by atoms with Crippen molar-refractivity contribution in [1.82, 2.24) is 15.1 Å². The molecule has 0 aliphatic carbocycles. The SMILES string of the molecule is Cn1cc([C@H]2OCC[C@@H]2NC(=O)[C@H]2COc3ccccc32)cn1. The molecule has 1 aromatic carbocycles. The second kappa shape index (κ2) is 5.70. The van der Waals surface area contributed by atoms with Gasteiger partial charge < -0.3 is 14.8 Å². The van der Waals surface area contributed by atoms with Gasteiger partial charge in [0.25, 0.3) is 0 Å². The van der Waals surface area contributed by atoms with E-state index in [1.165, 1.54) is 0 Å². The largest absolute Gasteiger partial charge is 0.492 e. The number of fused-ring (bicyclic) bond motifs is 1. The number of nitrogens with one attached hydrogen (secondary N) is 1. The minimum atomic E-state index is -0.249. The Kier molecular flexibility index (Phi) is 3.53. The summed E-state index contributed by atoms with van der Waals surface area (Å²) in [5.74, 6) is 0.555. The van der Waals surface area contributed by atoms with E-state index in [0.29, 0.717) is 13.2 Å². The number of hydrogen-bond donors (Lipinski definition) is 1. The van der Waals surface area contributed by atoms with Gasteiger partial charge in [-0.3, -0.25) is 9.48 Å². The Bertz CT molecular complexity index is 727. The van der Waals surface area contributed by atoms with Crippen LogP contribution in [0.4, 0.5) is 0 Å². The minimum absolute atomic E-state index is 0.000611. The van der Waals surface area contributed by atoms with Gasteiger partial charge in [0.2, 0.25) is 5.91 Å². The van der Waals surface area contributed by atoms with Crippen molar-refractivity contribution in [3.8, 4) is 5.75 Å². The summed E-state index contributed by atoms with van der Waals surface area (Å²) >= 11 is 0. The van der Waals surface area contributed by atoms with E-state index in [-0.39, 0.29) is 24.0 Å². The quantitative estimate of drug-likeness (QED) is 0.933. The maximum atomic E-state index is 12.7. The van der Waals surface area contributed by atoms with Gasteiger partial charge in [-0.2, -0.15) is 5.10 Å². The van der Waals surface area contributed by atoms with Crippen LogP contribution in [0.1, 0.15) is 29.6 Å². The average molecular weight is 313 g/mol. The molecule has 6 heteroatoms. The predicted molar refractivity (Wildman–Crippen MR) is 83.1 cm³/mol. The molecule has 0 bridgehead atoms. The number of nitrogens with zero attached hydrogens (tertiary/aromatic N) is 2. The van der Waals surface area contributed by atoms with E-state index >= 15 is 0 Å². The van der Waals surface area contributed by atoms with Crippen LogP contribution in [-0.2, 0) is 16.6 Å². The molecular formula is C17H19N3O3. The van der Waals surface area contributed by atoms with E-state index < -0.39 is 0 Å². The molecule has 1 N–H and O–H groups in total. The lowest BCUT2D eigenvalue weighted by molar-refractivity contribution is -0.123. The van der Waals surface area contributed by atoms with E-state index in [0.717, 1.165) is 23.3 Å². The smallest absolute Gasteiger partial charge is 0.231 e. The lowest BCUT2D eigenvalue weighted by Gasteiger charge is -2.20. The minimum Gasteiger partial charge on any atom is -0.492 e. The molecule has 23 heavy (non-hydrogen) atoms. The molecule has 1 amide bonds. The molecule has 0 spiro atoms. The molecule has 1 aromatic heterocycles. The fourth-order valence-electron chi connectivity index (χ4n) is 3.32. The highest BCUT2D eigenvalue weighted by Gasteiger charge is 2.36. The molecule has 2 aliphatic heterocycles. The van der Waals surface area contributed by atoms with Gasteiger partial charge in [-0.05, 0) is 12.5 Å². The summed E-state index contributed by atoms with van der Waals surface area (Å²) in [7, 11) is 1.87. The molecule has 4 rings (SSSR count). The van der Waals surface area contributed by atoms with Gasteiger partial charge in [0.05, 0.1) is 12.2 Å². The Hall–Kier alpha value is -2.34. The highest BCUT2D eigenvalue weighted by molar-refractivity contribution is 5.85. The van der Waals surface area contributed by atoms with Crippen LogP contribution in [-0.4, -0.2) is 34.9 Å². The first-order valence-electron chi connectivity index (χ1n) is 7.84. The number of aromatic nitrogens is 2. The van der Waals surface area contributed by atoms with E-state index in [1.54, 1.807) is 10.9 Å². The summed E-state index contributed by atoms with van der Waals surface area (Å²) in [4.78, 5) is 12.7. The van der Waals surface area contributed by atoms with Crippen LogP contribution in [0.25, 0.3) is 0 Å². The first kappa shape index (κ1) is 14.3.